The van der Waals surface area contributed by atoms with Crippen LogP contribution in [0.5, 0.6) is 0 Å². The molecule has 1 aliphatic heterocycles. The van der Waals surface area contributed by atoms with Crippen molar-refractivity contribution >= 4 is 10.8 Å². The second-order valence-electron chi connectivity index (χ2n) is 6.05. The number of hydrogen-bond donors (Lipinski definition) is 1. The molecule has 1 N–H and O–H groups in total. The highest BCUT2D eigenvalue weighted by Gasteiger charge is 2.20. The fourth-order valence-corrected chi connectivity index (χ4v) is 3.35. The number of nitrogens with zero attached hydrogens (tertiary/aromatic N) is 1. The molecule has 3 aromatic rings. The Morgan fingerprint density at radius 3 is 2.74 bits per heavy atom. The van der Waals surface area contributed by atoms with Crippen molar-refractivity contribution in [3.05, 3.63) is 81.5 Å². The predicted octanol–water partition coefficient (Wildman–Crippen LogP) is 3.23. The summed E-state index contributed by atoms with van der Waals surface area (Å²) in [5.41, 5.74) is 3.17. The topological polar surface area (TPSA) is 36.1 Å². The fourth-order valence-electron chi connectivity index (χ4n) is 3.35. The Bertz CT molecular complexity index is 918. The number of hydrogen-bond acceptors (Lipinski definition) is 2. The Kier molecular flexibility index (Phi) is 3.46. The van der Waals surface area contributed by atoms with Crippen LogP contribution in [0.3, 0.4) is 0 Å². The summed E-state index contributed by atoms with van der Waals surface area (Å²) >= 11 is 0. The van der Waals surface area contributed by atoms with Crippen LogP contribution in [0.1, 0.15) is 16.8 Å². The third kappa shape index (κ3) is 2.66. The third-order valence-electron chi connectivity index (χ3n) is 4.49. The minimum Gasteiger partial charge on any atom is -0.325 e. The van der Waals surface area contributed by atoms with Gasteiger partial charge in [-0.05, 0) is 28.6 Å². The van der Waals surface area contributed by atoms with E-state index < -0.39 is 0 Å². The first-order chi connectivity index (χ1) is 11.2. The molecule has 0 fully saturated rings. The molecule has 4 rings (SSSR count). The maximum atomic E-state index is 13.4. The number of nitrogens with one attached hydrogen (secondary N) is 1. The van der Waals surface area contributed by atoms with E-state index in [4.69, 9.17) is 0 Å². The average molecular weight is 308 g/mol. The van der Waals surface area contributed by atoms with E-state index in [-0.39, 0.29) is 11.4 Å². The summed E-state index contributed by atoms with van der Waals surface area (Å²) in [6.45, 7) is 2.55. The van der Waals surface area contributed by atoms with Crippen molar-refractivity contribution < 1.29 is 4.39 Å². The molecule has 116 valence electrons. The number of fused-ring (bicyclic) bond motifs is 3. The van der Waals surface area contributed by atoms with E-state index in [2.05, 4.69) is 22.0 Å². The zero-order valence-corrected chi connectivity index (χ0v) is 12.7. The molecular formula is C19H17FN2O. The Hall–Kier alpha value is -2.46. The van der Waals surface area contributed by atoms with Gasteiger partial charge in [-0.2, -0.15) is 0 Å². The van der Waals surface area contributed by atoms with Gasteiger partial charge < -0.3 is 4.98 Å². The van der Waals surface area contributed by atoms with Gasteiger partial charge in [0, 0.05) is 31.7 Å². The van der Waals surface area contributed by atoms with Gasteiger partial charge in [0.25, 0.3) is 5.56 Å². The number of aromatic amines is 1. The van der Waals surface area contributed by atoms with Crippen LogP contribution >= 0.6 is 0 Å². The van der Waals surface area contributed by atoms with E-state index in [1.165, 1.54) is 17.7 Å². The van der Waals surface area contributed by atoms with Crippen LogP contribution in [0, 0.1) is 5.82 Å². The second kappa shape index (κ2) is 5.63. The lowest BCUT2D eigenvalue weighted by atomic mass is 9.98. The molecule has 0 unspecified atom stereocenters. The van der Waals surface area contributed by atoms with Crippen molar-refractivity contribution in [3.8, 4) is 0 Å². The van der Waals surface area contributed by atoms with Crippen LogP contribution < -0.4 is 5.56 Å². The van der Waals surface area contributed by atoms with E-state index >= 15 is 0 Å². The van der Waals surface area contributed by atoms with E-state index in [1.54, 1.807) is 6.07 Å². The van der Waals surface area contributed by atoms with Crippen molar-refractivity contribution in [3.63, 3.8) is 0 Å². The first-order valence-electron chi connectivity index (χ1n) is 7.80. The molecule has 1 aromatic heterocycles. The number of H-pyrrole nitrogens is 1. The van der Waals surface area contributed by atoms with Gasteiger partial charge in [0.05, 0.1) is 5.39 Å². The van der Waals surface area contributed by atoms with Crippen molar-refractivity contribution in [1.82, 2.24) is 9.88 Å². The molecule has 0 aliphatic carbocycles. The normalized spacial score (nSPS) is 14.8. The molecule has 0 amide bonds. The molecule has 0 radical (unpaired) electrons. The smallest absolute Gasteiger partial charge is 0.256 e. The minimum absolute atomic E-state index is 0.199. The second-order valence-corrected chi connectivity index (χ2v) is 6.05. The molecule has 23 heavy (non-hydrogen) atoms. The van der Waals surface area contributed by atoms with E-state index in [9.17, 15) is 9.18 Å². The molecule has 4 heteroatoms. The maximum absolute atomic E-state index is 13.4. The number of halogens is 1. The van der Waals surface area contributed by atoms with Crippen LogP contribution in [-0.2, 0) is 19.5 Å². The Balaban J connectivity index is 1.72. The fraction of sp³-hybridized carbons (Fsp3) is 0.211. The van der Waals surface area contributed by atoms with Gasteiger partial charge in [-0.15, -0.1) is 0 Å². The van der Waals surface area contributed by atoms with Crippen LogP contribution in [-0.4, -0.2) is 16.4 Å². The maximum Gasteiger partial charge on any atom is 0.256 e. The van der Waals surface area contributed by atoms with Crippen LogP contribution in [0.2, 0.25) is 0 Å². The van der Waals surface area contributed by atoms with Crippen LogP contribution in [0.25, 0.3) is 10.8 Å². The largest absolute Gasteiger partial charge is 0.325 e. The molecule has 0 bridgehead atoms. The lowest BCUT2D eigenvalue weighted by Crippen LogP contribution is -2.32. The lowest BCUT2D eigenvalue weighted by molar-refractivity contribution is 0.244. The first-order valence-corrected chi connectivity index (χ1v) is 7.80. The summed E-state index contributed by atoms with van der Waals surface area (Å²) in [6, 6.07) is 14.8. The van der Waals surface area contributed by atoms with Gasteiger partial charge >= 0.3 is 0 Å². The summed E-state index contributed by atoms with van der Waals surface area (Å²) in [4.78, 5) is 17.4. The monoisotopic (exact) mass is 308 g/mol. The Morgan fingerprint density at radius 2 is 1.91 bits per heavy atom. The molecule has 0 atom stereocenters. The molecule has 1 aliphatic rings. The van der Waals surface area contributed by atoms with E-state index in [1.807, 2.05) is 18.2 Å². The molecule has 2 aromatic carbocycles. The number of benzene rings is 2. The summed E-state index contributed by atoms with van der Waals surface area (Å²) in [7, 11) is 0. The number of pyridine rings is 1. The van der Waals surface area contributed by atoms with E-state index in [0.717, 1.165) is 42.7 Å². The van der Waals surface area contributed by atoms with Crippen molar-refractivity contribution in [2.24, 2.45) is 0 Å². The van der Waals surface area contributed by atoms with Gasteiger partial charge in [-0.3, -0.25) is 9.69 Å². The molecular weight excluding hydrogens is 291 g/mol. The summed E-state index contributed by atoms with van der Waals surface area (Å²) < 4.78 is 13.4. The van der Waals surface area contributed by atoms with Crippen molar-refractivity contribution in [2.45, 2.75) is 19.5 Å². The SMILES string of the molecule is O=c1[nH]c2c(c3ccc(F)cc13)CN(Cc1ccccc1)CC2. The minimum atomic E-state index is -0.375. The quantitative estimate of drug-likeness (QED) is 0.789. The Morgan fingerprint density at radius 1 is 1.09 bits per heavy atom. The standard InChI is InChI=1S/C19H17FN2O/c20-14-6-7-15-16(10-14)19(23)21-18-8-9-22(12-17(15)18)11-13-4-2-1-3-5-13/h1-7,10H,8-9,11-12H2,(H,21,23). The molecule has 2 heterocycles. The van der Waals surface area contributed by atoms with Gasteiger partial charge in [-0.1, -0.05) is 36.4 Å². The highest BCUT2D eigenvalue weighted by atomic mass is 19.1. The van der Waals surface area contributed by atoms with Gasteiger partial charge in [-0.25, -0.2) is 4.39 Å². The highest BCUT2D eigenvalue weighted by Crippen LogP contribution is 2.25. The molecule has 0 spiro atoms. The van der Waals surface area contributed by atoms with Crippen LogP contribution in [0.15, 0.2) is 53.3 Å². The lowest BCUT2D eigenvalue weighted by Gasteiger charge is -2.29. The average Bonchev–Trinajstić information content (AvgIpc) is 2.57. The summed E-state index contributed by atoms with van der Waals surface area (Å²) in [6.07, 6.45) is 0.810. The number of rotatable bonds is 2. The molecule has 3 nitrogen and oxygen atoms in total. The van der Waals surface area contributed by atoms with Gasteiger partial charge in [0.15, 0.2) is 0 Å². The van der Waals surface area contributed by atoms with Crippen molar-refractivity contribution in [2.75, 3.05) is 6.54 Å². The summed E-state index contributed by atoms with van der Waals surface area (Å²) in [5.74, 6) is -0.375. The van der Waals surface area contributed by atoms with Crippen LogP contribution in [0.4, 0.5) is 4.39 Å². The molecule has 0 saturated carbocycles. The van der Waals surface area contributed by atoms with Crippen molar-refractivity contribution in [1.29, 1.82) is 0 Å². The summed E-state index contributed by atoms with van der Waals surface area (Å²) in [5, 5.41) is 1.30. The number of aromatic nitrogens is 1. The third-order valence-corrected chi connectivity index (χ3v) is 4.49. The van der Waals surface area contributed by atoms with Gasteiger partial charge in [0.2, 0.25) is 0 Å². The zero-order chi connectivity index (χ0) is 15.8. The van der Waals surface area contributed by atoms with Gasteiger partial charge in [0.1, 0.15) is 5.82 Å². The Labute approximate surface area is 133 Å². The highest BCUT2D eigenvalue weighted by molar-refractivity contribution is 5.85. The van der Waals surface area contributed by atoms with E-state index in [0.29, 0.717) is 5.39 Å². The zero-order valence-electron chi connectivity index (χ0n) is 12.7. The molecule has 0 saturated heterocycles. The predicted molar refractivity (Wildman–Crippen MR) is 88.8 cm³/mol. The first kappa shape index (κ1) is 14.2.